The fraction of sp³-hybridized carbons (Fsp3) is 0.875. The summed E-state index contributed by atoms with van der Waals surface area (Å²) in [7, 11) is 0. The Bertz CT molecular complexity index is 455. The van der Waals surface area contributed by atoms with E-state index in [0.29, 0.717) is 6.04 Å². The van der Waals surface area contributed by atoms with E-state index in [9.17, 15) is 0 Å². The van der Waals surface area contributed by atoms with Gasteiger partial charge in [-0.1, -0.05) is 32.3 Å². The van der Waals surface area contributed by atoms with Crippen LogP contribution >= 0.6 is 0 Å². The molecule has 0 aromatic carbocycles. The average molecular weight is 292 g/mol. The van der Waals surface area contributed by atoms with Gasteiger partial charge >= 0.3 is 0 Å². The molecular formula is C16H28N4O. The molecule has 21 heavy (non-hydrogen) atoms. The summed E-state index contributed by atoms with van der Waals surface area (Å²) in [5.41, 5.74) is -0.0446. The molecule has 1 aromatic rings. The maximum atomic E-state index is 5.47. The van der Waals surface area contributed by atoms with Crippen molar-refractivity contribution in [1.82, 2.24) is 20.4 Å². The Morgan fingerprint density at radius 2 is 2.05 bits per heavy atom. The Hall–Kier alpha value is -0.940. The number of hydrogen-bond donors (Lipinski definition) is 1. The lowest BCUT2D eigenvalue weighted by atomic mass is 9.96. The number of nitrogens with one attached hydrogen (secondary N) is 1. The Morgan fingerprint density at radius 1 is 1.24 bits per heavy atom. The molecule has 1 N–H and O–H groups in total. The van der Waals surface area contributed by atoms with Crippen LogP contribution in [0.2, 0.25) is 0 Å². The lowest BCUT2D eigenvalue weighted by Gasteiger charge is -2.29. The van der Waals surface area contributed by atoms with Gasteiger partial charge in [-0.2, -0.15) is 4.98 Å². The molecule has 3 rings (SSSR count). The topological polar surface area (TPSA) is 54.2 Å². The Kier molecular flexibility index (Phi) is 4.31. The highest BCUT2D eigenvalue weighted by molar-refractivity contribution is 5.00. The van der Waals surface area contributed by atoms with Crippen molar-refractivity contribution in [2.75, 3.05) is 13.1 Å². The van der Waals surface area contributed by atoms with E-state index < -0.39 is 0 Å². The van der Waals surface area contributed by atoms with Crippen LogP contribution < -0.4 is 5.32 Å². The minimum atomic E-state index is -0.0446. The third kappa shape index (κ3) is 4.04. The maximum absolute atomic E-state index is 5.47. The highest BCUT2D eigenvalue weighted by atomic mass is 16.5. The molecule has 2 fully saturated rings. The quantitative estimate of drug-likeness (QED) is 0.903. The van der Waals surface area contributed by atoms with Crippen molar-refractivity contribution in [3.8, 4) is 0 Å². The summed E-state index contributed by atoms with van der Waals surface area (Å²) < 4.78 is 5.47. The maximum Gasteiger partial charge on any atom is 0.240 e. The van der Waals surface area contributed by atoms with E-state index in [1.165, 1.54) is 32.1 Å². The van der Waals surface area contributed by atoms with Crippen LogP contribution in [0.4, 0.5) is 0 Å². The van der Waals surface area contributed by atoms with Crippen LogP contribution in [-0.2, 0) is 12.0 Å². The van der Waals surface area contributed by atoms with Crippen LogP contribution in [0.3, 0.4) is 0 Å². The zero-order chi connectivity index (χ0) is 14.9. The van der Waals surface area contributed by atoms with E-state index >= 15 is 0 Å². The number of rotatable bonds is 5. The molecule has 2 aliphatic rings. The van der Waals surface area contributed by atoms with Crippen molar-refractivity contribution in [2.24, 2.45) is 0 Å². The van der Waals surface area contributed by atoms with Crippen molar-refractivity contribution in [3.05, 3.63) is 11.7 Å². The van der Waals surface area contributed by atoms with Crippen LogP contribution in [0.1, 0.15) is 64.6 Å². The third-order valence-electron chi connectivity index (χ3n) is 4.41. The summed E-state index contributed by atoms with van der Waals surface area (Å²) in [5, 5.41) is 7.78. The predicted molar refractivity (Wildman–Crippen MR) is 82.1 cm³/mol. The molecule has 0 amide bonds. The van der Waals surface area contributed by atoms with E-state index in [2.05, 4.69) is 41.1 Å². The van der Waals surface area contributed by atoms with Gasteiger partial charge in [0.1, 0.15) is 0 Å². The Balaban J connectivity index is 1.61. The minimum Gasteiger partial charge on any atom is -0.338 e. The number of aromatic nitrogens is 2. The van der Waals surface area contributed by atoms with Gasteiger partial charge in [0, 0.05) is 24.0 Å². The second kappa shape index (κ2) is 6.05. The average Bonchev–Trinajstić information content (AvgIpc) is 3.17. The fourth-order valence-corrected chi connectivity index (χ4v) is 2.94. The van der Waals surface area contributed by atoms with Gasteiger partial charge in [0.2, 0.25) is 5.89 Å². The summed E-state index contributed by atoms with van der Waals surface area (Å²) in [4.78, 5) is 7.12. The van der Waals surface area contributed by atoms with E-state index in [0.717, 1.165) is 37.4 Å². The zero-order valence-electron chi connectivity index (χ0n) is 13.6. The molecule has 1 aromatic heterocycles. The second-order valence-corrected chi connectivity index (χ2v) is 7.57. The van der Waals surface area contributed by atoms with Crippen molar-refractivity contribution in [1.29, 1.82) is 0 Å². The van der Waals surface area contributed by atoms with Crippen LogP contribution in [0.15, 0.2) is 4.52 Å². The largest absolute Gasteiger partial charge is 0.338 e. The van der Waals surface area contributed by atoms with Crippen molar-refractivity contribution >= 4 is 0 Å². The summed E-state index contributed by atoms with van der Waals surface area (Å²) in [6, 6.07) is 1.35. The molecular weight excluding hydrogens is 264 g/mol. The standard InChI is InChI=1S/C16H28N4O/c1-16(2,3)15-18-14(21-19-15)11-20(13-7-8-13)10-12-6-4-5-9-17-12/h12-13,17H,4-11H2,1-3H3. The summed E-state index contributed by atoms with van der Waals surface area (Å²) in [6.45, 7) is 9.42. The molecule has 1 aliphatic heterocycles. The fourth-order valence-electron chi connectivity index (χ4n) is 2.94. The molecule has 118 valence electrons. The molecule has 1 unspecified atom stereocenters. The third-order valence-corrected chi connectivity index (χ3v) is 4.41. The number of piperidine rings is 1. The highest BCUT2D eigenvalue weighted by Crippen LogP contribution is 2.29. The first-order valence-electron chi connectivity index (χ1n) is 8.33. The molecule has 5 heteroatoms. The molecule has 1 saturated carbocycles. The highest BCUT2D eigenvalue weighted by Gasteiger charge is 2.32. The monoisotopic (exact) mass is 292 g/mol. The Morgan fingerprint density at radius 3 is 2.62 bits per heavy atom. The van der Waals surface area contributed by atoms with E-state index in [4.69, 9.17) is 4.52 Å². The first kappa shape index (κ1) is 15.0. The molecule has 1 saturated heterocycles. The molecule has 1 atom stereocenters. The molecule has 0 radical (unpaired) electrons. The van der Waals surface area contributed by atoms with Crippen molar-refractivity contribution in [2.45, 2.75) is 76.9 Å². The van der Waals surface area contributed by atoms with Crippen molar-refractivity contribution < 1.29 is 4.52 Å². The summed E-state index contributed by atoms with van der Waals surface area (Å²) in [6.07, 6.45) is 6.59. The number of nitrogens with zero attached hydrogens (tertiary/aromatic N) is 3. The van der Waals surface area contributed by atoms with Crippen LogP contribution in [0.5, 0.6) is 0 Å². The van der Waals surface area contributed by atoms with Crippen LogP contribution in [-0.4, -0.2) is 40.2 Å². The first-order chi connectivity index (χ1) is 10.0. The molecule has 2 heterocycles. The van der Waals surface area contributed by atoms with Crippen molar-refractivity contribution in [3.63, 3.8) is 0 Å². The van der Waals surface area contributed by atoms with Gasteiger partial charge in [-0.25, -0.2) is 0 Å². The lowest BCUT2D eigenvalue weighted by molar-refractivity contribution is 0.184. The normalized spacial score (nSPS) is 23.7. The Labute approximate surface area is 127 Å². The zero-order valence-corrected chi connectivity index (χ0v) is 13.6. The van der Waals surface area contributed by atoms with Gasteiger partial charge in [-0.15, -0.1) is 0 Å². The second-order valence-electron chi connectivity index (χ2n) is 7.57. The van der Waals surface area contributed by atoms with Gasteiger partial charge < -0.3 is 9.84 Å². The smallest absolute Gasteiger partial charge is 0.240 e. The lowest BCUT2D eigenvalue weighted by Crippen LogP contribution is -2.44. The van der Waals surface area contributed by atoms with Gasteiger partial charge in [-0.3, -0.25) is 4.90 Å². The first-order valence-corrected chi connectivity index (χ1v) is 8.33. The summed E-state index contributed by atoms with van der Waals surface area (Å²) in [5.74, 6) is 1.58. The van der Waals surface area contributed by atoms with Gasteiger partial charge in [0.05, 0.1) is 6.54 Å². The van der Waals surface area contributed by atoms with Crippen LogP contribution in [0, 0.1) is 0 Å². The SMILES string of the molecule is CC(C)(C)c1noc(CN(CC2CCCCN2)C2CC2)n1. The van der Waals surface area contributed by atoms with Gasteiger partial charge in [0.15, 0.2) is 5.82 Å². The number of hydrogen-bond acceptors (Lipinski definition) is 5. The molecule has 0 spiro atoms. The molecule has 5 nitrogen and oxygen atoms in total. The molecule has 1 aliphatic carbocycles. The minimum absolute atomic E-state index is 0.0446. The predicted octanol–water partition coefficient (Wildman–Crippen LogP) is 2.47. The summed E-state index contributed by atoms with van der Waals surface area (Å²) >= 11 is 0. The van der Waals surface area contributed by atoms with Gasteiger partial charge in [-0.05, 0) is 32.2 Å². The van der Waals surface area contributed by atoms with E-state index in [1.54, 1.807) is 0 Å². The van der Waals surface area contributed by atoms with Gasteiger partial charge in [0.25, 0.3) is 0 Å². The van der Waals surface area contributed by atoms with Crippen LogP contribution in [0.25, 0.3) is 0 Å². The van der Waals surface area contributed by atoms with E-state index in [1.807, 2.05) is 0 Å². The van der Waals surface area contributed by atoms with E-state index in [-0.39, 0.29) is 5.41 Å². The molecule has 0 bridgehead atoms.